The number of hydrogen-bond acceptors (Lipinski definition) is 6. The molecule has 2 rings (SSSR count). The van der Waals surface area contributed by atoms with Gasteiger partial charge in [-0.15, -0.1) is 11.3 Å². The summed E-state index contributed by atoms with van der Waals surface area (Å²) in [5.41, 5.74) is 5.21. The van der Waals surface area contributed by atoms with Gasteiger partial charge in [-0.25, -0.2) is 4.98 Å². The molecule has 0 saturated heterocycles. The molecule has 0 unspecified atom stereocenters. The van der Waals surface area contributed by atoms with Gasteiger partial charge in [0, 0.05) is 17.7 Å². The van der Waals surface area contributed by atoms with Crippen molar-refractivity contribution in [2.45, 2.75) is 13.8 Å². The minimum atomic E-state index is -0.567. The van der Waals surface area contributed by atoms with Crippen LogP contribution in [0.5, 0.6) is 0 Å². The first kappa shape index (κ1) is 15.6. The van der Waals surface area contributed by atoms with Gasteiger partial charge in [-0.3, -0.25) is 30.6 Å². The van der Waals surface area contributed by atoms with E-state index in [0.29, 0.717) is 10.6 Å². The van der Waals surface area contributed by atoms with Crippen molar-refractivity contribution in [2.75, 3.05) is 0 Å². The molecular weight excluding hydrogens is 308 g/mol. The van der Waals surface area contributed by atoms with Gasteiger partial charge in [-0.2, -0.15) is 0 Å². The van der Waals surface area contributed by atoms with Crippen molar-refractivity contribution in [3.05, 3.63) is 55.5 Å². The van der Waals surface area contributed by atoms with Gasteiger partial charge >= 0.3 is 0 Å². The number of rotatable bonds is 3. The zero-order chi connectivity index (χ0) is 16.3. The monoisotopic (exact) mass is 320 g/mol. The molecule has 0 spiro atoms. The fourth-order valence-corrected chi connectivity index (χ4v) is 2.53. The lowest BCUT2D eigenvalue weighted by Gasteiger charge is -2.06. The molecular formula is C13H12N4O4S. The van der Waals surface area contributed by atoms with Crippen LogP contribution < -0.4 is 10.9 Å². The number of carbonyl (C=O) groups excluding carboxylic acids is 2. The first-order chi connectivity index (χ1) is 10.4. The minimum absolute atomic E-state index is 0.114. The van der Waals surface area contributed by atoms with E-state index in [9.17, 15) is 19.7 Å². The van der Waals surface area contributed by atoms with E-state index in [4.69, 9.17) is 0 Å². The maximum absolute atomic E-state index is 11.9. The van der Waals surface area contributed by atoms with Crippen LogP contribution in [0.3, 0.4) is 0 Å². The largest absolute Gasteiger partial charge is 0.281 e. The number of hydrogen-bond donors (Lipinski definition) is 2. The SMILES string of the molecule is Cc1nc(C)c(C(=O)NNC(=O)c2ccc([N+](=O)[O-])cc2)s1. The normalized spacial score (nSPS) is 10.1. The number of benzene rings is 1. The number of hydrazine groups is 1. The standard InChI is InChI=1S/C13H12N4O4S/c1-7-11(22-8(2)14-7)13(19)16-15-12(18)9-3-5-10(6-4-9)17(20)21/h3-6H,1-2H3,(H,15,18)(H,16,19). The molecule has 0 aliphatic heterocycles. The topological polar surface area (TPSA) is 114 Å². The van der Waals surface area contributed by atoms with Gasteiger partial charge in [0.15, 0.2) is 0 Å². The number of aromatic nitrogens is 1. The van der Waals surface area contributed by atoms with Crippen LogP contribution in [-0.2, 0) is 0 Å². The van der Waals surface area contributed by atoms with Crippen LogP contribution in [0.1, 0.15) is 30.7 Å². The summed E-state index contributed by atoms with van der Waals surface area (Å²) in [6, 6.07) is 5.05. The highest BCUT2D eigenvalue weighted by atomic mass is 32.1. The Morgan fingerprint density at radius 1 is 1.14 bits per heavy atom. The number of amides is 2. The van der Waals surface area contributed by atoms with Crippen LogP contribution in [0, 0.1) is 24.0 Å². The van der Waals surface area contributed by atoms with Gasteiger partial charge in [-0.05, 0) is 26.0 Å². The van der Waals surface area contributed by atoms with Crippen LogP contribution in [0.2, 0.25) is 0 Å². The Balaban J connectivity index is 1.99. The summed E-state index contributed by atoms with van der Waals surface area (Å²) in [6.45, 7) is 3.49. The number of thiazole rings is 1. The van der Waals surface area contributed by atoms with Crippen LogP contribution in [0.25, 0.3) is 0 Å². The van der Waals surface area contributed by atoms with Crippen LogP contribution in [0.15, 0.2) is 24.3 Å². The molecule has 1 aromatic carbocycles. The molecule has 2 amide bonds. The zero-order valence-corrected chi connectivity index (χ0v) is 12.6. The summed E-state index contributed by atoms with van der Waals surface area (Å²) >= 11 is 1.23. The van der Waals surface area contributed by atoms with Gasteiger partial charge in [0.25, 0.3) is 17.5 Å². The molecule has 2 N–H and O–H groups in total. The van der Waals surface area contributed by atoms with Gasteiger partial charge in [0.2, 0.25) is 0 Å². The van der Waals surface area contributed by atoms with E-state index < -0.39 is 16.7 Å². The second-order valence-electron chi connectivity index (χ2n) is 4.36. The Hall–Kier alpha value is -2.81. The first-order valence-corrected chi connectivity index (χ1v) is 6.99. The summed E-state index contributed by atoms with van der Waals surface area (Å²) in [7, 11) is 0. The zero-order valence-electron chi connectivity index (χ0n) is 11.7. The lowest BCUT2D eigenvalue weighted by Crippen LogP contribution is -2.41. The molecule has 0 saturated carbocycles. The van der Waals surface area contributed by atoms with Crippen molar-refractivity contribution in [1.82, 2.24) is 15.8 Å². The molecule has 9 heteroatoms. The summed E-state index contributed by atoms with van der Waals surface area (Å²) in [5.74, 6) is -1.03. The lowest BCUT2D eigenvalue weighted by molar-refractivity contribution is -0.384. The number of carbonyl (C=O) groups is 2. The Bertz CT molecular complexity index is 739. The molecule has 0 atom stereocenters. The fourth-order valence-electron chi connectivity index (χ4n) is 1.72. The maximum atomic E-state index is 11.9. The third kappa shape index (κ3) is 3.44. The molecule has 8 nitrogen and oxygen atoms in total. The smallest absolute Gasteiger partial charge is 0.267 e. The van der Waals surface area contributed by atoms with Crippen molar-refractivity contribution in [1.29, 1.82) is 0 Å². The van der Waals surface area contributed by atoms with E-state index in [1.54, 1.807) is 13.8 Å². The number of nitro benzene ring substituents is 1. The Morgan fingerprint density at radius 2 is 1.73 bits per heavy atom. The van der Waals surface area contributed by atoms with E-state index in [1.165, 1.54) is 35.6 Å². The van der Waals surface area contributed by atoms with E-state index >= 15 is 0 Å². The van der Waals surface area contributed by atoms with Crippen LogP contribution >= 0.6 is 11.3 Å². The van der Waals surface area contributed by atoms with E-state index in [2.05, 4.69) is 15.8 Å². The summed E-state index contributed by atoms with van der Waals surface area (Å²) < 4.78 is 0. The predicted molar refractivity (Wildman–Crippen MR) is 79.6 cm³/mol. The van der Waals surface area contributed by atoms with Gasteiger partial charge < -0.3 is 0 Å². The second kappa shape index (κ2) is 6.31. The highest BCUT2D eigenvalue weighted by molar-refractivity contribution is 7.13. The molecule has 0 fully saturated rings. The number of aryl methyl sites for hydroxylation is 2. The molecule has 0 bridgehead atoms. The van der Waals surface area contributed by atoms with Crippen LogP contribution in [-0.4, -0.2) is 21.7 Å². The number of nitro groups is 1. The van der Waals surface area contributed by atoms with Crippen molar-refractivity contribution in [3.63, 3.8) is 0 Å². The van der Waals surface area contributed by atoms with E-state index in [1.807, 2.05) is 0 Å². The van der Waals surface area contributed by atoms with Crippen molar-refractivity contribution in [3.8, 4) is 0 Å². The molecule has 1 aromatic heterocycles. The molecule has 1 heterocycles. The lowest BCUT2D eigenvalue weighted by atomic mass is 10.2. The minimum Gasteiger partial charge on any atom is -0.267 e. The Labute approximate surface area is 129 Å². The van der Waals surface area contributed by atoms with Crippen molar-refractivity contribution < 1.29 is 14.5 Å². The van der Waals surface area contributed by atoms with Gasteiger partial charge in [0.1, 0.15) is 4.88 Å². The van der Waals surface area contributed by atoms with Crippen molar-refractivity contribution >= 4 is 28.8 Å². The number of non-ortho nitro benzene ring substituents is 1. The van der Waals surface area contributed by atoms with E-state index in [-0.39, 0.29) is 11.3 Å². The molecule has 0 radical (unpaired) electrons. The highest BCUT2D eigenvalue weighted by Crippen LogP contribution is 2.16. The number of nitrogens with one attached hydrogen (secondary N) is 2. The van der Waals surface area contributed by atoms with Crippen LogP contribution in [0.4, 0.5) is 5.69 Å². The molecule has 0 aliphatic carbocycles. The first-order valence-electron chi connectivity index (χ1n) is 6.17. The summed E-state index contributed by atoms with van der Waals surface area (Å²) in [5, 5.41) is 11.3. The third-order valence-corrected chi connectivity index (χ3v) is 3.81. The Morgan fingerprint density at radius 3 is 2.23 bits per heavy atom. The third-order valence-electron chi connectivity index (χ3n) is 2.74. The predicted octanol–water partition coefficient (Wildman–Crippen LogP) is 1.74. The van der Waals surface area contributed by atoms with Crippen molar-refractivity contribution in [2.24, 2.45) is 0 Å². The average molecular weight is 320 g/mol. The van der Waals surface area contributed by atoms with E-state index in [0.717, 1.165) is 5.01 Å². The molecule has 0 aliphatic rings. The summed E-state index contributed by atoms with van der Waals surface area (Å²) in [6.07, 6.45) is 0. The quantitative estimate of drug-likeness (QED) is 0.660. The second-order valence-corrected chi connectivity index (χ2v) is 5.56. The molecule has 114 valence electrons. The highest BCUT2D eigenvalue weighted by Gasteiger charge is 2.15. The summed E-state index contributed by atoms with van der Waals surface area (Å²) in [4.78, 5) is 38.3. The average Bonchev–Trinajstić information content (AvgIpc) is 2.83. The maximum Gasteiger partial charge on any atom is 0.281 e. The number of nitrogens with zero attached hydrogens (tertiary/aromatic N) is 2. The molecule has 2 aromatic rings. The van der Waals surface area contributed by atoms with Gasteiger partial charge in [0.05, 0.1) is 15.6 Å². The molecule has 22 heavy (non-hydrogen) atoms. The fraction of sp³-hybridized carbons (Fsp3) is 0.154. The van der Waals surface area contributed by atoms with Gasteiger partial charge in [-0.1, -0.05) is 0 Å². The Kier molecular flexibility index (Phi) is 4.47.